The fraction of sp³-hybridized carbons (Fsp3) is 0.500. The van der Waals surface area contributed by atoms with E-state index in [9.17, 15) is 4.79 Å². The van der Waals surface area contributed by atoms with E-state index in [1.807, 2.05) is 6.07 Å². The fourth-order valence-corrected chi connectivity index (χ4v) is 2.31. The molecule has 1 fully saturated rings. The third kappa shape index (κ3) is 3.52. The summed E-state index contributed by atoms with van der Waals surface area (Å²) in [5.41, 5.74) is 0.832. The first-order valence-corrected chi connectivity index (χ1v) is 6.62. The van der Waals surface area contributed by atoms with Gasteiger partial charge in [-0.15, -0.1) is 0 Å². The molecule has 2 rings (SSSR count). The van der Waals surface area contributed by atoms with Crippen LogP contribution >= 0.6 is 0 Å². The van der Waals surface area contributed by atoms with Crippen LogP contribution in [0, 0.1) is 11.3 Å². The third-order valence-corrected chi connectivity index (χ3v) is 3.41. The second kappa shape index (κ2) is 6.30. The van der Waals surface area contributed by atoms with E-state index in [1.165, 1.54) is 6.20 Å². The maximum Gasteiger partial charge on any atom is 0.270 e. The first-order chi connectivity index (χ1) is 9.22. The zero-order valence-electron chi connectivity index (χ0n) is 11.1. The van der Waals surface area contributed by atoms with Gasteiger partial charge in [-0.3, -0.25) is 4.79 Å². The molecule has 1 saturated heterocycles. The van der Waals surface area contributed by atoms with Crippen molar-refractivity contribution in [3.8, 4) is 6.07 Å². The lowest BCUT2D eigenvalue weighted by molar-refractivity contribution is 0.0901. The van der Waals surface area contributed by atoms with Crippen molar-refractivity contribution >= 4 is 5.91 Å². The van der Waals surface area contributed by atoms with Crippen LogP contribution < -0.4 is 5.32 Å². The molecule has 1 aliphatic heterocycles. The van der Waals surface area contributed by atoms with Crippen molar-refractivity contribution in [3.63, 3.8) is 0 Å². The highest BCUT2D eigenvalue weighted by atomic mass is 16.1. The summed E-state index contributed by atoms with van der Waals surface area (Å²) in [6.45, 7) is 5.16. The molecule has 1 aromatic rings. The minimum Gasteiger partial charge on any atom is -0.347 e. The number of carbonyl (C=O) groups is 1. The summed E-state index contributed by atoms with van der Waals surface area (Å²) < 4.78 is 0. The number of aromatic nitrogens is 1. The molecule has 5 nitrogen and oxygen atoms in total. The number of nitriles is 1. The Bertz CT molecular complexity index is 477. The van der Waals surface area contributed by atoms with Crippen LogP contribution in [0.5, 0.6) is 0 Å². The van der Waals surface area contributed by atoms with E-state index in [0.717, 1.165) is 32.5 Å². The third-order valence-electron chi connectivity index (χ3n) is 3.41. The quantitative estimate of drug-likeness (QED) is 0.883. The average Bonchev–Trinajstić information content (AvgIpc) is 2.47. The van der Waals surface area contributed by atoms with Gasteiger partial charge in [0.1, 0.15) is 11.8 Å². The van der Waals surface area contributed by atoms with Crippen LogP contribution in [0.4, 0.5) is 0 Å². The Kier molecular flexibility index (Phi) is 4.48. The molecular weight excluding hydrogens is 240 g/mol. The molecule has 1 atom stereocenters. The van der Waals surface area contributed by atoms with Crippen molar-refractivity contribution < 1.29 is 4.79 Å². The SMILES string of the molecule is CCN1CCCC(NC(=O)c2ccc(C#N)cn2)C1. The number of likely N-dealkylation sites (N-methyl/N-ethyl adjacent to an activating group) is 1. The number of hydrogen-bond acceptors (Lipinski definition) is 4. The highest BCUT2D eigenvalue weighted by molar-refractivity contribution is 5.92. The predicted molar refractivity (Wildman–Crippen MR) is 71.6 cm³/mol. The van der Waals surface area contributed by atoms with Gasteiger partial charge in [0.15, 0.2) is 0 Å². The molecule has 0 aliphatic carbocycles. The summed E-state index contributed by atoms with van der Waals surface area (Å²) in [5.74, 6) is -0.160. The second-order valence-corrected chi connectivity index (χ2v) is 4.75. The molecule has 2 heterocycles. The number of nitrogens with zero attached hydrogens (tertiary/aromatic N) is 3. The summed E-state index contributed by atoms with van der Waals surface area (Å²) in [4.78, 5) is 18.4. The van der Waals surface area contributed by atoms with Gasteiger partial charge in [0.2, 0.25) is 0 Å². The van der Waals surface area contributed by atoms with Gasteiger partial charge >= 0.3 is 0 Å². The predicted octanol–water partition coefficient (Wildman–Crippen LogP) is 1.17. The van der Waals surface area contributed by atoms with Crippen LogP contribution in [0.3, 0.4) is 0 Å². The lowest BCUT2D eigenvalue weighted by atomic mass is 10.1. The molecule has 1 unspecified atom stereocenters. The summed E-state index contributed by atoms with van der Waals surface area (Å²) in [6, 6.07) is 5.38. The van der Waals surface area contributed by atoms with Crippen molar-refractivity contribution in [2.24, 2.45) is 0 Å². The van der Waals surface area contributed by atoms with Gasteiger partial charge in [0.25, 0.3) is 5.91 Å². The lowest BCUT2D eigenvalue weighted by Crippen LogP contribution is -2.47. The highest BCUT2D eigenvalue weighted by Crippen LogP contribution is 2.10. The molecule has 0 aromatic carbocycles. The van der Waals surface area contributed by atoms with Crippen LogP contribution in [0.1, 0.15) is 35.8 Å². The molecule has 0 radical (unpaired) electrons. The first-order valence-electron chi connectivity index (χ1n) is 6.62. The van der Waals surface area contributed by atoms with E-state index >= 15 is 0 Å². The Morgan fingerprint density at radius 1 is 1.63 bits per heavy atom. The molecule has 1 aromatic heterocycles. The number of carbonyl (C=O) groups excluding carboxylic acids is 1. The van der Waals surface area contributed by atoms with Gasteiger partial charge < -0.3 is 10.2 Å². The Morgan fingerprint density at radius 2 is 2.47 bits per heavy atom. The molecule has 19 heavy (non-hydrogen) atoms. The Morgan fingerprint density at radius 3 is 3.11 bits per heavy atom. The van der Waals surface area contributed by atoms with Crippen LogP contribution in [0.15, 0.2) is 18.3 Å². The number of nitrogens with one attached hydrogen (secondary N) is 1. The molecule has 1 N–H and O–H groups in total. The topological polar surface area (TPSA) is 69.0 Å². The van der Waals surface area contributed by atoms with Crippen molar-refractivity contribution in [1.82, 2.24) is 15.2 Å². The molecule has 5 heteroatoms. The van der Waals surface area contributed by atoms with Gasteiger partial charge in [-0.25, -0.2) is 4.98 Å². The fourth-order valence-electron chi connectivity index (χ4n) is 2.31. The van der Waals surface area contributed by atoms with Gasteiger partial charge in [-0.05, 0) is 38.1 Å². The highest BCUT2D eigenvalue weighted by Gasteiger charge is 2.21. The van der Waals surface area contributed by atoms with Crippen molar-refractivity contribution in [2.75, 3.05) is 19.6 Å². The molecule has 0 spiro atoms. The number of rotatable bonds is 3. The second-order valence-electron chi connectivity index (χ2n) is 4.75. The number of piperidine rings is 1. The smallest absolute Gasteiger partial charge is 0.270 e. The van der Waals surface area contributed by atoms with Crippen molar-refractivity contribution in [1.29, 1.82) is 5.26 Å². The molecule has 0 saturated carbocycles. The molecule has 0 bridgehead atoms. The standard InChI is InChI=1S/C14H18N4O/c1-2-18-7-3-4-12(10-18)17-14(19)13-6-5-11(8-15)9-16-13/h5-6,9,12H,2-4,7,10H2,1H3,(H,17,19). The minimum atomic E-state index is -0.160. The summed E-state index contributed by atoms with van der Waals surface area (Å²) in [5, 5.41) is 11.7. The van der Waals surface area contributed by atoms with E-state index in [1.54, 1.807) is 12.1 Å². The summed E-state index contributed by atoms with van der Waals surface area (Å²) in [6.07, 6.45) is 3.55. The largest absolute Gasteiger partial charge is 0.347 e. The molecule has 1 amide bonds. The molecule has 100 valence electrons. The van der Waals surface area contributed by atoms with E-state index in [4.69, 9.17) is 5.26 Å². The van der Waals surface area contributed by atoms with Crippen LogP contribution in [-0.4, -0.2) is 41.5 Å². The number of pyridine rings is 1. The van der Waals surface area contributed by atoms with Crippen molar-refractivity contribution in [2.45, 2.75) is 25.8 Å². The number of hydrogen-bond donors (Lipinski definition) is 1. The zero-order valence-corrected chi connectivity index (χ0v) is 11.1. The van der Waals surface area contributed by atoms with Crippen LogP contribution in [0.2, 0.25) is 0 Å². The Balaban J connectivity index is 1.94. The van der Waals surface area contributed by atoms with E-state index in [-0.39, 0.29) is 11.9 Å². The number of amides is 1. The Hall–Kier alpha value is -1.93. The van der Waals surface area contributed by atoms with E-state index in [0.29, 0.717) is 11.3 Å². The lowest BCUT2D eigenvalue weighted by Gasteiger charge is -2.32. The Labute approximate surface area is 113 Å². The van der Waals surface area contributed by atoms with Crippen molar-refractivity contribution in [3.05, 3.63) is 29.6 Å². The molecule has 1 aliphatic rings. The summed E-state index contributed by atoms with van der Waals surface area (Å²) in [7, 11) is 0. The maximum absolute atomic E-state index is 12.0. The minimum absolute atomic E-state index is 0.160. The monoisotopic (exact) mass is 258 g/mol. The van der Waals surface area contributed by atoms with Gasteiger partial charge in [0, 0.05) is 18.8 Å². The zero-order chi connectivity index (χ0) is 13.7. The van der Waals surface area contributed by atoms with Crippen LogP contribution in [-0.2, 0) is 0 Å². The normalized spacial score (nSPS) is 19.7. The molecular formula is C14H18N4O. The van der Waals surface area contributed by atoms with E-state index < -0.39 is 0 Å². The van der Waals surface area contributed by atoms with Gasteiger partial charge in [0.05, 0.1) is 5.56 Å². The average molecular weight is 258 g/mol. The first kappa shape index (κ1) is 13.5. The van der Waals surface area contributed by atoms with Crippen LogP contribution in [0.25, 0.3) is 0 Å². The summed E-state index contributed by atoms with van der Waals surface area (Å²) >= 11 is 0. The van der Waals surface area contributed by atoms with Gasteiger partial charge in [-0.1, -0.05) is 6.92 Å². The van der Waals surface area contributed by atoms with Gasteiger partial charge in [-0.2, -0.15) is 5.26 Å². The number of likely N-dealkylation sites (tertiary alicyclic amines) is 1. The van der Waals surface area contributed by atoms with E-state index in [2.05, 4.69) is 22.1 Å². The maximum atomic E-state index is 12.0.